The number of carboxylic acids is 1. The summed E-state index contributed by atoms with van der Waals surface area (Å²) in [5.41, 5.74) is 3.28. The molecule has 0 aliphatic rings. The molecule has 1 aromatic heterocycles. The van der Waals surface area contributed by atoms with Gasteiger partial charge < -0.3 is 14.8 Å². The number of benzene rings is 2. The van der Waals surface area contributed by atoms with Gasteiger partial charge in [-0.05, 0) is 35.6 Å². The minimum atomic E-state index is -0.796. The lowest BCUT2D eigenvalue weighted by molar-refractivity contribution is -0.136. The zero-order valence-corrected chi connectivity index (χ0v) is 18.1. The third-order valence-electron chi connectivity index (χ3n) is 5.36. The Hall–Kier alpha value is -2.99. The smallest absolute Gasteiger partial charge is 0.304 e. The Morgan fingerprint density at radius 3 is 2.55 bits per heavy atom. The first-order valence-electron chi connectivity index (χ1n) is 11.0. The molecule has 6 nitrogen and oxygen atoms in total. The molecule has 0 fully saturated rings. The van der Waals surface area contributed by atoms with Crippen molar-refractivity contribution in [1.82, 2.24) is 15.5 Å². The number of nitrogens with zero attached hydrogens (tertiary/aromatic N) is 2. The molecule has 2 aromatic carbocycles. The van der Waals surface area contributed by atoms with Crippen molar-refractivity contribution in [2.45, 2.75) is 57.9 Å². The Labute approximate surface area is 183 Å². The lowest BCUT2D eigenvalue weighted by atomic mass is 9.90. The van der Waals surface area contributed by atoms with Gasteiger partial charge in [0.05, 0.1) is 6.42 Å². The van der Waals surface area contributed by atoms with Crippen molar-refractivity contribution < 1.29 is 14.3 Å². The second-order valence-corrected chi connectivity index (χ2v) is 7.83. The van der Waals surface area contributed by atoms with Crippen LogP contribution in [0, 0.1) is 0 Å². The number of hydrogen-bond donors (Lipinski definition) is 2. The van der Waals surface area contributed by atoms with E-state index >= 15 is 0 Å². The molecule has 0 amide bonds. The summed E-state index contributed by atoms with van der Waals surface area (Å²) in [7, 11) is 0. The van der Waals surface area contributed by atoms with Crippen LogP contribution in [0.2, 0.25) is 0 Å². The van der Waals surface area contributed by atoms with Gasteiger partial charge in [-0.15, -0.1) is 10.2 Å². The second kappa shape index (κ2) is 12.0. The van der Waals surface area contributed by atoms with Crippen molar-refractivity contribution >= 4 is 5.97 Å². The summed E-state index contributed by atoms with van der Waals surface area (Å²) in [4.78, 5) is 10.6. The van der Waals surface area contributed by atoms with Crippen molar-refractivity contribution in [1.29, 1.82) is 0 Å². The minimum absolute atomic E-state index is 0.116. The average molecular weight is 422 g/mol. The molecule has 0 aliphatic heterocycles. The number of aromatic nitrogens is 2. The van der Waals surface area contributed by atoms with E-state index < -0.39 is 5.97 Å². The van der Waals surface area contributed by atoms with Gasteiger partial charge in [-0.3, -0.25) is 4.79 Å². The molecular formula is C25H31N3O3. The molecule has 2 N–H and O–H groups in total. The summed E-state index contributed by atoms with van der Waals surface area (Å²) >= 11 is 0. The zero-order valence-electron chi connectivity index (χ0n) is 18.1. The van der Waals surface area contributed by atoms with Crippen molar-refractivity contribution in [2.75, 3.05) is 6.54 Å². The van der Waals surface area contributed by atoms with E-state index in [-0.39, 0.29) is 6.42 Å². The summed E-state index contributed by atoms with van der Waals surface area (Å²) in [5, 5.41) is 20.4. The van der Waals surface area contributed by atoms with Crippen LogP contribution in [-0.4, -0.2) is 27.8 Å². The molecule has 1 atom stereocenters. The zero-order chi connectivity index (χ0) is 21.9. The van der Waals surface area contributed by atoms with E-state index in [9.17, 15) is 4.79 Å². The lowest BCUT2D eigenvalue weighted by Gasteiger charge is -2.15. The number of carbonyl (C=O) groups is 1. The number of carboxylic acid groups (broad SMARTS) is 1. The quantitative estimate of drug-likeness (QED) is 0.369. The first-order valence-corrected chi connectivity index (χ1v) is 11.0. The second-order valence-electron chi connectivity index (χ2n) is 7.83. The maximum atomic E-state index is 10.6. The van der Waals surface area contributed by atoms with E-state index in [1.165, 1.54) is 24.8 Å². The van der Waals surface area contributed by atoms with Crippen molar-refractivity contribution in [3.63, 3.8) is 0 Å². The summed E-state index contributed by atoms with van der Waals surface area (Å²) in [6, 6.07) is 18.5. The van der Waals surface area contributed by atoms with Gasteiger partial charge in [0.25, 0.3) is 0 Å². The molecule has 1 heterocycles. The fourth-order valence-electron chi connectivity index (χ4n) is 3.61. The van der Waals surface area contributed by atoms with Gasteiger partial charge in [0.2, 0.25) is 11.8 Å². The van der Waals surface area contributed by atoms with E-state index in [2.05, 4.69) is 46.7 Å². The van der Waals surface area contributed by atoms with E-state index in [1.807, 2.05) is 30.3 Å². The predicted molar refractivity (Wildman–Crippen MR) is 121 cm³/mol. The first-order chi connectivity index (χ1) is 15.2. The van der Waals surface area contributed by atoms with Crippen LogP contribution in [0.1, 0.15) is 62.0 Å². The molecule has 0 saturated carbocycles. The van der Waals surface area contributed by atoms with Gasteiger partial charge in [0.15, 0.2) is 0 Å². The Bertz CT molecular complexity index is 923. The normalized spacial score (nSPS) is 12.0. The summed E-state index contributed by atoms with van der Waals surface area (Å²) in [6.07, 6.45) is 5.60. The highest BCUT2D eigenvalue weighted by molar-refractivity contribution is 5.66. The number of unbranched alkanes of at least 4 members (excludes halogenated alkanes) is 2. The van der Waals surface area contributed by atoms with Crippen LogP contribution >= 0.6 is 0 Å². The minimum Gasteiger partial charge on any atom is -0.481 e. The van der Waals surface area contributed by atoms with E-state index in [4.69, 9.17) is 9.52 Å². The van der Waals surface area contributed by atoms with Crippen LogP contribution < -0.4 is 5.32 Å². The molecule has 0 spiro atoms. The molecule has 3 aromatic rings. The molecule has 0 unspecified atom stereocenters. The fraction of sp³-hybridized carbons (Fsp3) is 0.400. The van der Waals surface area contributed by atoms with Gasteiger partial charge in [0.1, 0.15) is 0 Å². The molecule has 0 bridgehead atoms. The standard InChI is InChI=1S/C25H31N3O3/c1-2-3-5-10-22(20-8-6-4-7-9-20)17-23-27-28-25(31-23)21-13-11-19(12-14-21)18-26-16-15-24(29)30/h4,6-9,11-14,22,26H,2-3,5,10,15-18H2,1H3,(H,29,30)/t22-/m1/s1. The summed E-state index contributed by atoms with van der Waals surface area (Å²) < 4.78 is 5.99. The van der Waals surface area contributed by atoms with Crippen LogP contribution in [0.25, 0.3) is 11.5 Å². The fourth-order valence-corrected chi connectivity index (χ4v) is 3.61. The molecule has 3 rings (SSSR count). The number of hydrogen-bond acceptors (Lipinski definition) is 5. The predicted octanol–water partition coefficient (Wildman–Crippen LogP) is 5.21. The molecule has 6 heteroatoms. The maximum Gasteiger partial charge on any atom is 0.304 e. The molecule has 31 heavy (non-hydrogen) atoms. The van der Waals surface area contributed by atoms with E-state index in [0.717, 1.165) is 24.0 Å². The SMILES string of the molecule is CCCCC[C@H](Cc1nnc(-c2ccc(CNCCC(=O)O)cc2)o1)c1ccccc1. The summed E-state index contributed by atoms with van der Waals surface area (Å²) in [6.45, 7) is 3.29. The Kier molecular flexibility index (Phi) is 8.79. The van der Waals surface area contributed by atoms with Gasteiger partial charge >= 0.3 is 5.97 Å². The van der Waals surface area contributed by atoms with Crippen LogP contribution in [0.4, 0.5) is 0 Å². The first kappa shape index (κ1) is 22.7. The molecule has 0 radical (unpaired) electrons. The molecular weight excluding hydrogens is 390 g/mol. The van der Waals surface area contributed by atoms with E-state index in [1.54, 1.807) is 0 Å². The van der Waals surface area contributed by atoms with Crippen LogP contribution in [0.5, 0.6) is 0 Å². The number of aliphatic carboxylic acids is 1. The maximum absolute atomic E-state index is 10.6. The van der Waals surface area contributed by atoms with Gasteiger partial charge in [-0.25, -0.2) is 0 Å². The van der Waals surface area contributed by atoms with E-state index in [0.29, 0.717) is 30.8 Å². The van der Waals surface area contributed by atoms with Crippen LogP contribution in [0.15, 0.2) is 59.0 Å². The van der Waals surface area contributed by atoms with Crippen molar-refractivity contribution in [3.05, 3.63) is 71.6 Å². The largest absolute Gasteiger partial charge is 0.481 e. The Morgan fingerprint density at radius 1 is 1.06 bits per heavy atom. The Morgan fingerprint density at radius 2 is 1.84 bits per heavy atom. The third-order valence-corrected chi connectivity index (χ3v) is 5.36. The highest BCUT2D eigenvalue weighted by Crippen LogP contribution is 2.27. The monoisotopic (exact) mass is 421 g/mol. The summed E-state index contributed by atoms with van der Waals surface area (Å²) in [5.74, 6) is 0.774. The van der Waals surface area contributed by atoms with Crippen molar-refractivity contribution in [3.8, 4) is 11.5 Å². The molecule has 0 saturated heterocycles. The van der Waals surface area contributed by atoms with Crippen molar-refractivity contribution in [2.24, 2.45) is 0 Å². The topological polar surface area (TPSA) is 88.2 Å². The highest BCUT2D eigenvalue weighted by Gasteiger charge is 2.17. The van der Waals surface area contributed by atoms with Gasteiger partial charge in [-0.1, -0.05) is 68.7 Å². The van der Waals surface area contributed by atoms with Gasteiger partial charge in [0, 0.05) is 25.1 Å². The Balaban J connectivity index is 1.61. The molecule has 164 valence electrons. The average Bonchev–Trinajstić information content (AvgIpc) is 3.26. The molecule has 0 aliphatic carbocycles. The van der Waals surface area contributed by atoms with Gasteiger partial charge in [-0.2, -0.15) is 0 Å². The lowest BCUT2D eigenvalue weighted by Crippen LogP contribution is -2.17. The third kappa shape index (κ3) is 7.33. The van der Waals surface area contributed by atoms with Crippen LogP contribution in [-0.2, 0) is 17.8 Å². The van der Waals surface area contributed by atoms with Crippen LogP contribution in [0.3, 0.4) is 0 Å². The number of rotatable bonds is 13. The highest BCUT2D eigenvalue weighted by atomic mass is 16.4. The number of nitrogens with one attached hydrogen (secondary N) is 1.